The second-order valence-electron chi connectivity index (χ2n) is 8.77. The van der Waals surface area contributed by atoms with Crippen molar-refractivity contribution in [3.05, 3.63) is 27.7 Å². The lowest BCUT2D eigenvalue weighted by atomic mass is 9.84. The number of hydrogen-bond donors (Lipinski definition) is 3. The zero-order chi connectivity index (χ0) is 24.7. The van der Waals surface area contributed by atoms with Gasteiger partial charge in [-0.15, -0.1) is 11.3 Å². The second-order valence-corrected chi connectivity index (χ2v) is 9.83. The van der Waals surface area contributed by atoms with E-state index in [4.69, 9.17) is 15.6 Å². The SMILES string of the molecule is CC(NC(=O)c1sc(/C(C=N)=C/C=N)cc1F)C1CCCCC1.O=CN1CC[C@H]2OCC(=O)[C@H]21. The molecular weight excluding hydrogens is 459 g/mol. The summed E-state index contributed by atoms with van der Waals surface area (Å²) in [6.45, 7) is 2.82. The number of thiophene rings is 1. The van der Waals surface area contributed by atoms with Crippen molar-refractivity contribution in [1.29, 1.82) is 10.8 Å². The number of allylic oxidation sites excluding steroid dienone is 2. The molecule has 3 aliphatic rings. The van der Waals surface area contributed by atoms with Crippen molar-refractivity contribution in [2.45, 2.75) is 63.6 Å². The highest BCUT2D eigenvalue weighted by Gasteiger charge is 2.44. The van der Waals surface area contributed by atoms with Crippen LogP contribution in [0.3, 0.4) is 0 Å². The number of nitrogens with one attached hydrogen (secondary N) is 3. The lowest BCUT2D eigenvalue weighted by Crippen LogP contribution is -2.38. The number of ether oxygens (including phenoxy) is 1. The van der Waals surface area contributed by atoms with Crippen LogP contribution in [-0.2, 0) is 14.3 Å². The molecule has 0 radical (unpaired) electrons. The highest BCUT2D eigenvalue weighted by molar-refractivity contribution is 7.15. The third-order valence-corrected chi connectivity index (χ3v) is 7.76. The first-order valence-electron chi connectivity index (χ1n) is 11.6. The highest BCUT2D eigenvalue weighted by Crippen LogP contribution is 2.29. The maximum Gasteiger partial charge on any atom is 0.264 e. The fourth-order valence-corrected chi connectivity index (χ4v) is 5.66. The zero-order valence-electron chi connectivity index (χ0n) is 19.2. The molecule has 34 heavy (non-hydrogen) atoms. The fraction of sp³-hybridized carbons (Fsp3) is 0.542. The normalized spacial score (nSPS) is 23.5. The fourth-order valence-electron chi connectivity index (χ4n) is 4.73. The molecule has 10 heteroatoms. The molecule has 3 atom stereocenters. The van der Waals surface area contributed by atoms with Crippen molar-refractivity contribution in [2.24, 2.45) is 5.92 Å². The molecular formula is C24H31FN4O4S. The Morgan fingerprint density at radius 1 is 1.29 bits per heavy atom. The maximum absolute atomic E-state index is 14.1. The smallest absolute Gasteiger partial charge is 0.264 e. The van der Waals surface area contributed by atoms with Crippen LogP contribution < -0.4 is 5.32 Å². The summed E-state index contributed by atoms with van der Waals surface area (Å²) in [5, 5.41) is 17.3. The number of rotatable bonds is 7. The molecule has 3 fully saturated rings. The van der Waals surface area contributed by atoms with E-state index in [9.17, 15) is 18.8 Å². The summed E-state index contributed by atoms with van der Waals surface area (Å²) in [7, 11) is 0. The van der Waals surface area contributed by atoms with Crippen molar-refractivity contribution in [3.8, 4) is 0 Å². The Hall–Kier alpha value is -2.72. The number of likely N-dealkylation sites (tertiary alicyclic amines) is 1. The minimum absolute atomic E-state index is 0.0206. The minimum atomic E-state index is -0.573. The molecule has 1 saturated carbocycles. The summed E-state index contributed by atoms with van der Waals surface area (Å²) in [5.41, 5.74) is 0.420. The predicted molar refractivity (Wildman–Crippen MR) is 129 cm³/mol. The van der Waals surface area contributed by atoms with Gasteiger partial charge in [0.25, 0.3) is 5.91 Å². The molecule has 4 rings (SSSR count). The van der Waals surface area contributed by atoms with Crippen molar-refractivity contribution >= 4 is 47.4 Å². The number of ketones is 1. The zero-order valence-corrected chi connectivity index (χ0v) is 20.0. The topological polar surface area (TPSA) is 123 Å². The summed E-state index contributed by atoms with van der Waals surface area (Å²) in [6, 6.07) is 1.02. The molecule has 0 aromatic carbocycles. The number of amides is 2. The Kier molecular flexibility index (Phi) is 9.23. The molecule has 1 aromatic rings. The largest absolute Gasteiger partial charge is 0.368 e. The Balaban J connectivity index is 0.000000243. The number of fused-ring (bicyclic) bond motifs is 1. The van der Waals surface area contributed by atoms with E-state index in [0.717, 1.165) is 49.4 Å². The van der Waals surface area contributed by atoms with Gasteiger partial charge >= 0.3 is 0 Å². The van der Waals surface area contributed by atoms with Gasteiger partial charge in [0, 0.05) is 35.5 Å². The van der Waals surface area contributed by atoms with Gasteiger partial charge in [-0.25, -0.2) is 4.39 Å². The Labute approximate surface area is 202 Å². The molecule has 3 heterocycles. The van der Waals surface area contributed by atoms with Crippen LogP contribution in [0.15, 0.2) is 12.1 Å². The standard InChI is InChI=1S/C17H22FN3OS.C7H9NO3/c1-11(12-5-3-2-4-6-12)21-17(22)16-14(18)9-15(23-16)13(10-20)7-8-19;9-4-8-2-1-6-7(8)5(10)3-11-6/h7-12,19-20H,2-6H2,1H3,(H,21,22);4,6-7H,1-3H2/b13-7+,19-8?,20-10?;/t;6-,7-/m.1/s1. The van der Waals surface area contributed by atoms with E-state index in [1.807, 2.05) is 6.92 Å². The minimum Gasteiger partial charge on any atom is -0.368 e. The van der Waals surface area contributed by atoms with E-state index in [1.54, 1.807) is 0 Å². The number of carbonyl (C=O) groups is 3. The van der Waals surface area contributed by atoms with Crippen LogP contribution >= 0.6 is 11.3 Å². The van der Waals surface area contributed by atoms with Crippen LogP contribution in [0.25, 0.3) is 5.57 Å². The number of Topliss-reactive ketones (excluding diaryl/α,β-unsaturated/α-hetero) is 1. The van der Waals surface area contributed by atoms with Gasteiger partial charge < -0.3 is 25.8 Å². The third-order valence-electron chi connectivity index (χ3n) is 6.60. The van der Waals surface area contributed by atoms with E-state index in [2.05, 4.69) is 5.32 Å². The van der Waals surface area contributed by atoms with E-state index >= 15 is 0 Å². The molecule has 2 saturated heterocycles. The van der Waals surface area contributed by atoms with Gasteiger partial charge in [-0.2, -0.15) is 0 Å². The number of halogens is 1. The van der Waals surface area contributed by atoms with Crippen LogP contribution in [0.2, 0.25) is 0 Å². The molecule has 184 valence electrons. The van der Waals surface area contributed by atoms with Crippen molar-refractivity contribution in [3.63, 3.8) is 0 Å². The molecule has 2 aliphatic heterocycles. The van der Waals surface area contributed by atoms with E-state index < -0.39 is 11.7 Å². The van der Waals surface area contributed by atoms with Crippen LogP contribution in [0, 0.1) is 22.6 Å². The van der Waals surface area contributed by atoms with Gasteiger partial charge in [0.1, 0.15) is 23.3 Å². The molecule has 3 N–H and O–H groups in total. The van der Waals surface area contributed by atoms with Crippen LogP contribution in [0.5, 0.6) is 0 Å². The van der Waals surface area contributed by atoms with Crippen LogP contribution in [0.1, 0.15) is 60.0 Å². The van der Waals surface area contributed by atoms with Gasteiger partial charge in [0.15, 0.2) is 5.78 Å². The summed E-state index contributed by atoms with van der Waals surface area (Å²) in [5.74, 6) is -0.461. The monoisotopic (exact) mass is 490 g/mol. The van der Waals surface area contributed by atoms with Gasteiger partial charge in [0.2, 0.25) is 6.41 Å². The molecule has 0 spiro atoms. The van der Waals surface area contributed by atoms with Crippen molar-refractivity contribution in [1.82, 2.24) is 10.2 Å². The first-order chi connectivity index (χ1) is 16.4. The first kappa shape index (κ1) is 25.9. The first-order valence-corrected chi connectivity index (χ1v) is 12.4. The number of nitrogens with zero attached hydrogens (tertiary/aromatic N) is 1. The molecule has 8 nitrogen and oxygen atoms in total. The van der Waals surface area contributed by atoms with Crippen molar-refractivity contribution < 1.29 is 23.5 Å². The van der Waals surface area contributed by atoms with E-state index in [0.29, 0.717) is 22.9 Å². The van der Waals surface area contributed by atoms with E-state index in [-0.39, 0.29) is 35.5 Å². The van der Waals surface area contributed by atoms with Crippen LogP contribution in [-0.4, -0.2) is 66.8 Å². The summed E-state index contributed by atoms with van der Waals surface area (Å²) < 4.78 is 19.3. The van der Waals surface area contributed by atoms with Gasteiger partial charge in [-0.3, -0.25) is 14.4 Å². The number of carbonyl (C=O) groups excluding carboxylic acids is 3. The Bertz CT molecular complexity index is 957. The predicted octanol–water partition coefficient (Wildman–Crippen LogP) is 3.45. The maximum atomic E-state index is 14.1. The van der Waals surface area contributed by atoms with Crippen LogP contribution in [0.4, 0.5) is 4.39 Å². The van der Waals surface area contributed by atoms with Gasteiger partial charge in [0.05, 0.1) is 6.10 Å². The van der Waals surface area contributed by atoms with Crippen molar-refractivity contribution in [2.75, 3.05) is 13.2 Å². The molecule has 1 unspecified atom stereocenters. The molecule has 1 aromatic heterocycles. The van der Waals surface area contributed by atoms with E-state index in [1.165, 1.54) is 36.3 Å². The quantitative estimate of drug-likeness (QED) is 0.400. The summed E-state index contributed by atoms with van der Waals surface area (Å²) in [4.78, 5) is 35.9. The lowest BCUT2D eigenvalue weighted by molar-refractivity contribution is -0.127. The average Bonchev–Trinajstić information content (AvgIpc) is 3.54. The molecule has 0 bridgehead atoms. The summed E-state index contributed by atoms with van der Waals surface area (Å²) >= 11 is 1.02. The lowest BCUT2D eigenvalue weighted by Gasteiger charge is -2.28. The number of hydrogen-bond acceptors (Lipinski definition) is 7. The molecule has 2 amide bonds. The average molecular weight is 491 g/mol. The Morgan fingerprint density at radius 3 is 2.68 bits per heavy atom. The second kappa shape index (κ2) is 12.1. The molecule has 1 aliphatic carbocycles. The van der Waals surface area contributed by atoms with Gasteiger partial charge in [-0.1, -0.05) is 19.3 Å². The summed E-state index contributed by atoms with van der Waals surface area (Å²) in [6.07, 6.45) is 10.9. The Morgan fingerprint density at radius 2 is 2.03 bits per heavy atom. The highest BCUT2D eigenvalue weighted by atomic mass is 32.1. The van der Waals surface area contributed by atoms with Gasteiger partial charge in [-0.05, 0) is 44.2 Å². The third kappa shape index (κ3) is 6.04.